The summed E-state index contributed by atoms with van der Waals surface area (Å²) in [5.41, 5.74) is 2.86. The van der Waals surface area contributed by atoms with Crippen molar-refractivity contribution in [3.05, 3.63) is 53.6 Å². The maximum Gasteiger partial charge on any atom is 0.248 e. The second kappa shape index (κ2) is 9.10. The summed E-state index contributed by atoms with van der Waals surface area (Å²) in [4.78, 5) is 13.1. The number of anilines is 2. The number of sulfonamides is 1. The molecule has 152 valence electrons. The summed E-state index contributed by atoms with van der Waals surface area (Å²) in [5, 5.41) is 2.83. The fourth-order valence-corrected chi connectivity index (χ4v) is 4.40. The monoisotopic (exact) mass is 404 g/mol. The van der Waals surface area contributed by atoms with E-state index in [4.69, 9.17) is 4.74 Å². The predicted octanol–water partition coefficient (Wildman–Crippen LogP) is 3.89. The molecule has 2 aromatic carbocycles. The van der Waals surface area contributed by atoms with Crippen molar-refractivity contribution in [1.82, 2.24) is 0 Å². The van der Waals surface area contributed by atoms with Gasteiger partial charge in [-0.3, -0.25) is 9.10 Å². The first-order valence-corrected chi connectivity index (χ1v) is 11.1. The van der Waals surface area contributed by atoms with Crippen LogP contribution in [0.15, 0.2) is 42.5 Å². The second-order valence-corrected chi connectivity index (χ2v) is 8.61. The van der Waals surface area contributed by atoms with Gasteiger partial charge in [0.05, 0.1) is 24.2 Å². The van der Waals surface area contributed by atoms with Gasteiger partial charge in [0.15, 0.2) is 0 Å². The minimum Gasteiger partial charge on any atom is -0.492 e. The molecule has 0 saturated carbocycles. The van der Waals surface area contributed by atoms with Crippen molar-refractivity contribution in [2.75, 3.05) is 22.5 Å². The topological polar surface area (TPSA) is 75.7 Å². The summed E-state index contributed by atoms with van der Waals surface area (Å²) >= 11 is 0. The zero-order valence-electron chi connectivity index (χ0n) is 17.0. The quantitative estimate of drug-likeness (QED) is 0.724. The molecule has 0 radical (unpaired) electrons. The second-order valence-electron chi connectivity index (χ2n) is 6.75. The maximum atomic E-state index is 13.1. The van der Waals surface area contributed by atoms with E-state index >= 15 is 0 Å². The van der Waals surface area contributed by atoms with Crippen LogP contribution in [0.25, 0.3) is 0 Å². The summed E-state index contributed by atoms with van der Waals surface area (Å²) < 4.78 is 32.0. The van der Waals surface area contributed by atoms with Gasteiger partial charge in [-0.15, -0.1) is 0 Å². The summed E-state index contributed by atoms with van der Waals surface area (Å²) in [6.45, 7) is 7.91. The van der Waals surface area contributed by atoms with Crippen LogP contribution in [0.1, 0.15) is 31.4 Å². The first-order chi connectivity index (χ1) is 13.2. The van der Waals surface area contributed by atoms with Gasteiger partial charge >= 0.3 is 0 Å². The minimum absolute atomic E-state index is 0.322. The highest BCUT2D eigenvalue weighted by atomic mass is 32.2. The third-order valence-electron chi connectivity index (χ3n) is 4.24. The number of para-hydroxylation sites is 2. The fraction of sp³-hybridized carbons (Fsp3) is 0.381. The molecular formula is C21H28N2O4S. The molecule has 0 fully saturated rings. The molecule has 2 aromatic rings. The standard InChI is InChI=1S/C21H28N2O4S/c1-6-19(21(24)22-18-10-8-9-11-20(18)27-7-2)23(28(5,25)26)17-13-15(3)12-16(4)14-17/h8-14,19H,6-7H2,1-5H3,(H,22,24). The molecule has 0 aliphatic heterocycles. The Labute approximate surface area is 167 Å². The molecule has 1 unspecified atom stereocenters. The Hall–Kier alpha value is -2.54. The smallest absolute Gasteiger partial charge is 0.248 e. The highest BCUT2D eigenvalue weighted by molar-refractivity contribution is 7.92. The number of rotatable bonds is 8. The first-order valence-electron chi connectivity index (χ1n) is 9.27. The lowest BCUT2D eigenvalue weighted by Crippen LogP contribution is -2.47. The van der Waals surface area contributed by atoms with Crippen molar-refractivity contribution < 1.29 is 17.9 Å². The average molecular weight is 405 g/mol. The Morgan fingerprint density at radius 3 is 2.25 bits per heavy atom. The van der Waals surface area contributed by atoms with Gasteiger partial charge in [0.1, 0.15) is 11.8 Å². The van der Waals surface area contributed by atoms with E-state index in [-0.39, 0.29) is 0 Å². The summed E-state index contributed by atoms with van der Waals surface area (Å²) in [5.74, 6) is 0.143. The normalized spacial score (nSPS) is 12.3. The molecule has 7 heteroatoms. The SMILES string of the molecule is CCOc1ccccc1NC(=O)C(CC)N(c1cc(C)cc(C)c1)S(C)(=O)=O. The van der Waals surface area contributed by atoms with Crippen LogP contribution in [-0.4, -0.2) is 33.2 Å². The van der Waals surface area contributed by atoms with E-state index in [1.54, 1.807) is 37.3 Å². The molecule has 1 N–H and O–H groups in total. The van der Waals surface area contributed by atoms with Gasteiger partial charge in [-0.05, 0) is 62.6 Å². The Kier molecular flexibility index (Phi) is 7.07. The van der Waals surface area contributed by atoms with Crippen LogP contribution in [0, 0.1) is 13.8 Å². The Morgan fingerprint density at radius 1 is 1.11 bits per heavy atom. The molecule has 0 bridgehead atoms. The van der Waals surface area contributed by atoms with Crippen LogP contribution >= 0.6 is 0 Å². The summed E-state index contributed by atoms with van der Waals surface area (Å²) in [7, 11) is -3.68. The number of aryl methyl sites for hydroxylation is 2. The lowest BCUT2D eigenvalue weighted by Gasteiger charge is -2.30. The lowest BCUT2D eigenvalue weighted by atomic mass is 10.1. The van der Waals surface area contributed by atoms with Crippen LogP contribution in [0.2, 0.25) is 0 Å². The van der Waals surface area contributed by atoms with Gasteiger partial charge in [0, 0.05) is 0 Å². The number of amides is 1. The van der Waals surface area contributed by atoms with Gasteiger partial charge in [0.2, 0.25) is 15.9 Å². The predicted molar refractivity (Wildman–Crippen MR) is 114 cm³/mol. The van der Waals surface area contributed by atoms with Gasteiger partial charge < -0.3 is 10.1 Å². The molecule has 0 aromatic heterocycles. The van der Waals surface area contributed by atoms with E-state index in [2.05, 4.69) is 5.32 Å². The molecule has 28 heavy (non-hydrogen) atoms. The molecule has 1 amide bonds. The number of benzene rings is 2. The molecule has 0 aliphatic rings. The van der Waals surface area contributed by atoms with E-state index in [0.29, 0.717) is 30.2 Å². The van der Waals surface area contributed by atoms with Crippen LogP contribution < -0.4 is 14.4 Å². The third-order valence-corrected chi connectivity index (χ3v) is 5.42. The van der Waals surface area contributed by atoms with E-state index < -0.39 is 22.0 Å². The van der Waals surface area contributed by atoms with Crippen LogP contribution in [0.3, 0.4) is 0 Å². The van der Waals surface area contributed by atoms with Gasteiger partial charge in [-0.25, -0.2) is 8.42 Å². The molecule has 2 rings (SSSR count). The number of carbonyl (C=O) groups is 1. The molecule has 0 aliphatic carbocycles. The third kappa shape index (κ3) is 5.25. The highest BCUT2D eigenvalue weighted by Crippen LogP contribution is 2.28. The summed E-state index contributed by atoms with van der Waals surface area (Å²) in [6.07, 6.45) is 1.44. The zero-order chi connectivity index (χ0) is 20.9. The molecule has 6 nitrogen and oxygen atoms in total. The van der Waals surface area contributed by atoms with Crippen molar-refractivity contribution in [3.63, 3.8) is 0 Å². The minimum atomic E-state index is -3.68. The van der Waals surface area contributed by atoms with E-state index in [9.17, 15) is 13.2 Å². The van der Waals surface area contributed by atoms with Gasteiger partial charge in [-0.2, -0.15) is 0 Å². The average Bonchev–Trinajstić information content (AvgIpc) is 2.59. The van der Waals surface area contributed by atoms with Gasteiger partial charge in [0.25, 0.3) is 0 Å². The molecular weight excluding hydrogens is 376 g/mol. The van der Waals surface area contributed by atoms with Crippen LogP contribution in [-0.2, 0) is 14.8 Å². The number of nitrogens with one attached hydrogen (secondary N) is 1. The van der Waals surface area contributed by atoms with Crippen molar-refractivity contribution >= 4 is 27.3 Å². The van der Waals surface area contributed by atoms with Crippen LogP contribution in [0.5, 0.6) is 5.75 Å². The van der Waals surface area contributed by atoms with E-state index in [0.717, 1.165) is 17.4 Å². The number of hydrogen-bond acceptors (Lipinski definition) is 4. The Morgan fingerprint density at radius 2 is 1.71 bits per heavy atom. The van der Waals surface area contributed by atoms with Crippen molar-refractivity contribution in [2.24, 2.45) is 0 Å². The fourth-order valence-electron chi connectivity index (χ4n) is 3.21. The van der Waals surface area contributed by atoms with Crippen molar-refractivity contribution in [1.29, 1.82) is 0 Å². The van der Waals surface area contributed by atoms with Crippen molar-refractivity contribution in [2.45, 2.75) is 40.2 Å². The number of nitrogens with zero attached hydrogens (tertiary/aromatic N) is 1. The molecule has 0 saturated heterocycles. The first kappa shape index (κ1) is 21.8. The Balaban J connectivity index is 2.43. The molecule has 0 heterocycles. The zero-order valence-corrected chi connectivity index (χ0v) is 17.8. The number of carbonyl (C=O) groups excluding carboxylic acids is 1. The lowest BCUT2D eigenvalue weighted by molar-refractivity contribution is -0.117. The number of ether oxygens (including phenoxy) is 1. The maximum absolute atomic E-state index is 13.1. The Bertz CT molecular complexity index is 921. The molecule has 1 atom stereocenters. The van der Waals surface area contributed by atoms with E-state index in [1.165, 1.54) is 4.31 Å². The van der Waals surface area contributed by atoms with E-state index in [1.807, 2.05) is 32.9 Å². The molecule has 0 spiro atoms. The van der Waals surface area contributed by atoms with Crippen LogP contribution in [0.4, 0.5) is 11.4 Å². The van der Waals surface area contributed by atoms with Gasteiger partial charge in [-0.1, -0.05) is 25.1 Å². The summed E-state index contributed by atoms with van der Waals surface area (Å²) in [6, 6.07) is 11.7. The van der Waals surface area contributed by atoms with Crippen molar-refractivity contribution in [3.8, 4) is 5.75 Å². The highest BCUT2D eigenvalue weighted by Gasteiger charge is 2.32. The number of hydrogen-bond donors (Lipinski definition) is 1. The largest absolute Gasteiger partial charge is 0.492 e.